The number of hydrogen-bond acceptors (Lipinski definition) is 5. The maximum atomic E-state index is 12.8. The number of rotatable bonds is 7. The summed E-state index contributed by atoms with van der Waals surface area (Å²) in [5.74, 6) is 2.75. The molecule has 2 heterocycles. The molecule has 1 unspecified atom stereocenters. The molecule has 30 heavy (non-hydrogen) atoms. The molecular weight excluding hydrogens is 380 g/mol. The van der Waals surface area contributed by atoms with Crippen LogP contribution < -0.4 is 14.8 Å². The Morgan fingerprint density at radius 2 is 1.87 bits per heavy atom. The van der Waals surface area contributed by atoms with Gasteiger partial charge in [0.1, 0.15) is 31.4 Å². The zero-order chi connectivity index (χ0) is 20.9. The summed E-state index contributed by atoms with van der Waals surface area (Å²) in [6.07, 6.45) is 1.62. The Hall–Kier alpha value is -3.35. The molecule has 2 aromatic carbocycles. The van der Waals surface area contributed by atoms with Crippen LogP contribution in [0.15, 0.2) is 48.5 Å². The van der Waals surface area contributed by atoms with E-state index in [2.05, 4.69) is 27.5 Å². The predicted octanol–water partition coefficient (Wildman–Crippen LogP) is 3.16. The van der Waals surface area contributed by atoms with Crippen molar-refractivity contribution in [2.24, 2.45) is 0 Å². The third-order valence-electron chi connectivity index (χ3n) is 5.12. The lowest BCUT2D eigenvalue weighted by Crippen LogP contribution is -2.32. The second-order valence-electron chi connectivity index (χ2n) is 7.41. The first-order valence-corrected chi connectivity index (χ1v) is 10.2. The second-order valence-corrected chi connectivity index (χ2v) is 7.41. The standard InChI is InChI=1S/C23H26N4O3/c1-16-24-17(2)27(26-16)15-23(28)25-20(10-8-18-6-4-3-5-7-18)19-9-11-21-22(14-19)30-13-12-29-21/h3-7,9,11,14,20H,8,10,12-13,15H2,1-2H3,(H,25,28). The highest BCUT2D eigenvalue weighted by Gasteiger charge is 2.20. The van der Waals surface area contributed by atoms with Crippen LogP contribution in [0.2, 0.25) is 0 Å². The average molecular weight is 406 g/mol. The van der Waals surface area contributed by atoms with Gasteiger partial charge in [-0.2, -0.15) is 5.10 Å². The molecule has 0 saturated heterocycles. The van der Waals surface area contributed by atoms with Gasteiger partial charge in [-0.1, -0.05) is 36.4 Å². The van der Waals surface area contributed by atoms with E-state index in [0.29, 0.717) is 19.0 Å². The van der Waals surface area contributed by atoms with E-state index in [9.17, 15) is 4.79 Å². The molecule has 1 amide bonds. The predicted molar refractivity (Wildman–Crippen MR) is 113 cm³/mol. The molecule has 0 aliphatic carbocycles. The zero-order valence-corrected chi connectivity index (χ0v) is 17.3. The van der Waals surface area contributed by atoms with Crippen molar-refractivity contribution in [3.05, 3.63) is 71.3 Å². The summed E-state index contributed by atoms with van der Waals surface area (Å²) in [5, 5.41) is 7.46. The summed E-state index contributed by atoms with van der Waals surface area (Å²) in [6, 6.07) is 16.0. The number of nitrogens with one attached hydrogen (secondary N) is 1. The van der Waals surface area contributed by atoms with E-state index in [1.165, 1.54) is 5.56 Å². The maximum Gasteiger partial charge on any atom is 0.242 e. The fourth-order valence-corrected chi connectivity index (χ4v) is 3.64. The molecule has 1 N–H and O–H groups in total. The van der Waals surface area contributed by atoms with E-state index in [1.54, 1.807) is 4.68 Å². The second kappa shape index (κ2) is 8.98. The molecular formula is C23H26N4O3. The Morgan fingerprint density at radius 1 is 1.10 bits per heavy atom. The van der Waals surface area contributed by atoms with Gasteiger partial charge in [0.2, 0.25) is 5.91 Å². The van der Waals surface area contributed by atoms with Crippen molar-refractivity contribution >= 4 is 5.91 Å². The van der Waals surface area contributed by atoms with E-state index in [-0.39, 0.29) is 18.5 Å². The molecule has 0 bridgehead atoms. The van der Waals surface area contributed by atoms with E-state index in [4.69, 9.17) is 9.47 Å². The van der Waals surface area contributed by atoms with Gasteiger partial charge in [-0.3, -0.25) is 4.79 Å². The van der Waals surface area contributed by atoms with Crippen LogP contribution in [0.25, 0.3) is 0 Å². The number of nitrogens with zero attached hydrogens (tertiary/aromatic N) is 3. The van der Waals surface area contributed by atoms with E-state index in [0.717, 1.165) is 35.7 Å². The van der Waals surface area contributed by atoms with Crippen molar-refractivity contribution in [1.29, 1.82) is 0 Å². The quantitative estimate of drug-likeness (QED) is 0.652. The van der Waals surface area contributed by atoms with Crippen LogP contribution in [0.5, 0.6) is 11.5 Å². The minimum atomic E-state index is -0.154. The SMILES string of the molecule is Cc1nc(C)n(CC(=O)NC(CCc2ccccc2)c2ccc3c(c2)OCCO3)n1. The Bertz CT molecular complexity index is 1020. The molecule has 7 heteroatoms. The normalized spacial score (nSPS) is 13.7. The van der Waals surface area contributed by atoms with Gasteiger partial charge in [-0.15, -0.1) is 0 Å². The van der Waals surface area contributed by atoms with Crippen LogP contribution in [-0.4, -0.2) is 33.9 Å². The highest BCUT2D eigenvalue weighted by molar-refractivity contribution is 5.76. The van der Waals surface area contributed by atoms with Gasteiger partial charge in [0.25, 0.3) is 0 Å². The van der Waals surface area contributed by atoms with Crippen LogP contribution in [0.3, 0.4) is 0 Å². The molecule has 7 nitrogen and oxygen atoms in total. The summed E-state index contributed by atoms with van der Waals surface area (Å²) in [6.45, 7) is 4.89. The number of aryl methyl sites for hydroxylation is 3. The average Bonchev–Trinajstić information content (AvgIpc) is 3.07. The van der Waals surface area contributed by atoms with Gasteiger partial charge in [0.05, 0.1) is 6.04 Å². The fourth-order valence-electron chi connectivity index (χ4n) is 3.64. The van der Waals surface area contributed by atoms with Crippen molar-refractivity contribution < 1.29 is 14.3 Å². The molecule has 1 aliphatic rings. The lowest BCUT2D eigenvalue weighted by molar-refractivity contribution is -0.122. The first kappa shape index (κ1) is 19.9. The number of amides is 1. The molecule has 0 radical (unpaired) electrons. The number of hydrogen-bond donors (Lipinski definition) is 1. The minimum Gasteiger partial charge on any atom is -0.486 e. The summed E-state index contributed by atoms with van der Waals surface area (Å²) in [7, 11) is 0. The van der Waals surface area contributed by atoms with Crippen molar-refractivity contribution in [2.75, 3.05) is 13.2 Å². The molecule has 3 aromatic rings. The summed E-state index contributed by atoms with van der Waals surface area (Å²) in [5.41, 5.74) is 2.23. The fraction of sp³-hybridized carbons (Fsp3) is 0.348. The number of ether oxygens (including phenoxy) is 2. The van der Waals surface area contributed by atoms with Crippen LogP contribution in [0, 0.1) is 13.8 Å². The molecule has 1 aromatic heterocycles. The zero-order valence-electron chi connectivity index (χ0n) is 17.3. The largest absolute Gasteiger partial charge is 0.486 e. The van der Waals surface area contributed by atoms with Crippen molar-refractivity contribution in [2.45, 2.75) is 39.3 Å². The number of carbonyl (C=O) groups is 1. The van der Waals surface area contributed by atoms with Crippen molar-refractivity contribution in [1.82, 2.24) is 20.1 Å². The van der Waals surface area contributed by atoms with Crippen LogP contribution in [0.4, 0.5) is 0 Å². The number of aromatic nitrogens is 3. The summed E-state index contributed by atoms with van der Waals surface area (Å²) >= 11 is 0. The summed E-state index contributed by atoms with van der Waals surface area (Å²) in [4.78, 5) is 17.1. The van der Waals surface area contributed by atoms with Gasteiger partial charge in [-0.05, 0) is 49.9 Å². The van der Waals surface area contributed by atoms with Gasteiger partial charge < -0.3 is 14.8 Å². The molecule has 4 rings (SSSR count). The van der Waals surface area contributed by atoms with Gasteiger partial charge in [0.15, 0.2) is 11.5 Å². The van der Waals surface area contributed by atoms with E-state index >= 15 is 0 Å². The first-order chi connectivity index (χ1) is 14.6. The van der Waals surface area contributed by atoms with Crippen LogP contribution in [-0.2, 0) is 17.8 Å². The lowest BCUT2D eigenvalue weighted by Gasteiger charge is -2.23. The monoisotopic (exact) mass is 406 g/mol. The highest BCUT2D eigenvalue weighted by atomic mass is 16.6. The van der Waals surface area contributed by atoms with E-state index in [1.807, 2.05) is 50.2 Å². The Labute approximate surface area is 176 Å². The van der Waals surface area contributed by atoms with Crippen LogP contribution in [0.1, 0.15) is 35.2 Å². The molecule has 0 saturated carbocycles. The van der Waals surface area contributed by atoms with Crippen molar-refractivity contribution in [3.8, 4) is 11.5 Å². The molecule has 156 valence electrons. The van der Waals surface area contributed by atoms with Crippen molar-refractivity contribution in [3.63, 3.8) is 0 Å². The Morgan fingerprint density at radius 3 is 2.60 bits per heavy atom. The molecule has 1 aliphatic heterocycles. The lowest BCUT2D eigenvalue weighted by atomic mass is 9.98. The topological polar surface area (TPSA) is 78.3 Å². The first-order valence-electron chi connectivity index (χ1n) is 10.2. The maximum absolute atomic E-state index is 12.8. The Balaban J connectivity index is 1.52. The number of fused-ring (bicyclic) bond motifs is 1. The molecule has 1 atom stereocenters. The molecule has 0 spiro atoms. The smallest absolute Gasteiger partial charge is 0.242 e. The van der Waals surface area contributed by atoms with Crippen LogP contribution >= 0.6 is 0 Å². The summed E-state index contributed by atoms with van der Waals surface area (Å²) < 4.78 is 13.0. The Kier molecular flexibility index (Phi) is 5.97. The van der Waals surface area contributed by atoms with Gasteiger partial charge in [-0.25, -0.2) is 9.67 Å². The molecule has 0 fully saturated rings. The number of benzene rings is 2. The highest BCUT2D eigenvalue weighted by Crippen LogP contribution is 2.33. The van der Waals surface area contributed by atoms with Gasteiger partial charge in [0, 0.05) is 0 Å². The van der Waals surface area contributed by atoms with E-state index < -0.39 is 0 Å². The van der Waals surface area contributed by atoms with Gasteiger partial charge >= 0.3 is 0 Å². The third kappa shape index (κ3) is 4.79. The number of carbonyl (C=O) groups excluding carboxylic acids is 1. The minimum absolute atomic E-state index is 0.101. The third-order valence-corrected chi connectivity index (χ3v) is 5.12.